The number of ether oxygens (including phenoxy) is 4. The molecule has 0 saturated carbocycles. The van der Waals surface area contributed by atoms with Crippen molar-refractivity contribution in [1.82, 2.24) is 20.3 Å². The van der Waals surface area contributed by atoms with Gasteiger partial charge in [0.25, 0.3) is 10.1 Å². The summed E-state index contributed by atoms with van der Waals surface area (Å²) >= 11 is 3.50. The summed E-state index contributed by atoms with van der Waals surface area (Å²) in [7, 11) is -0.552. The number of hydrogen-bond donors (Lipinski definition) is 6. The van der Waals surface area contributed by atoms with Crippen molar-refractivity contribution in [2.24, 2.45) is 10.2 Å². The van der Waals surface area contributed by atoms with Gasteiger partial charge in [-0.25, -0.2) is 4.68 Å². The number of aromatic nitrogens is 3. The number of aliphatic hydroxyl groups excluding tert-OH is 3. The molecule has 1 amide bonds. The molecular formula is C48H59BrN8O13S. The van der Waals surface area contributed by atoms with Gasteiger partial charge in [0.1, 0.15) is 33.6 Å². The third-order valence-corrected chi connectivity index (χ3v) is 13.3. The van der Waals surface area contributed by atoms with Crippen LogP contribution >= 0.6 is 15.9 Å². The number of rotatable bonds is 26. The monoisotopic (exact) mass is 1070 g/mol. The van der Waals surface area contributed by atoms with Gasteiger partial charge in [0.2, 0.25) is 5.91 Å². The van der Waals surface area contributed by atoms with Crippen molar-refractivity contribution >= 4 is 77.0 Å². The predicted octanol–water partition coefficient (Wildman–Crippen LogP) is 4.91. The lowest BCUT2D eigenvalue weighted by atomic mass is 9.96. The molecule has 0 radical (unpaired) electrons. The van der Waals surface area contributed by atoms with E-state index in [1.54, 1.807) is 59.4 Å². The Kier molecular flexibility index (Phi) is 19.4. The maximum Gasteiger partial charge on any atom is 0.295 e. The van der Waals surface area contributed by atoms with Crippen molar-refractivity contribution in [3.8, 4) is 0 Å². The number of fused-ring (bicyclic) bond motifs is 1. The summed E-state index contributed by atoms with van der Waals surface area (Å²) in [5.74, 6) is -1.01. The molecule has 0 aliphatic carbocycles. The molecule has 0 unspecified atom stereocenters. The van der Waals surface area contributed by atoms with E-state index < -0.39 is 63.9 Å². The van der Waals surface area contributed by atoms with E-state index in [-0.39, 0.29) is 55.7 Å². The number of aliphatic hydroxyl groups is 3. The quantitative estimate of drug-likeness (QED) is 0.0107. The van der Waals surface area contributed by atoms with Gasteiger partial charge >= 0.3 is 0 Å². The summed E-state index contributed by atoms with van der Waals surface area (Å²) < 4.78 is 57.5. The smallest absolute Gasteiger partial charge is 0.295 e. The maximum atomic E-state index is 13.9. The second-order valence-corrected chi connectivity index (χ2v) is 20.1. The summed E-state index contributed by atoms with van der Waals surface area (Å²) in [6.07, 6.45) is -4.84. The van der Waals surface area contributed by atoms with E-state index in [0.717, 1.165) is 5.69 Å². The minimum atomic E-state index is -4.48. The molecule has 4 aromatic carbocycles. The first-order chi connectivity index (χ1) is 33.8. The zero-order valence-electron chi connectivity index (χ0n) is 39.6. The number of aryl methyl sites for hydroxylation is 1. The zero-order chi connectivity index (χ0) is 51.3. The number of amides is 1. The van der Waals surface area contributed by atoms with E-state index in [4.69, 9.17) is 18.9 Å². The molecule has 1 fully saturated rings. The number of alkyl halides is 1. The number of carbonyl (C=O) groups excluding carboxylic acids is 3. The number of nitrogens with one attached hydrogen (secondary N) is 2. The average Bonchev–Trinajstić information content (AvgIpc) is 3.81. The number of ketones is 2. The van der Waals surface area contributed by atoms with Crippen molar-refractivity contribution in [2.45, 2.75) is 92.2 Å². The molecule has 21 nitrogen and oxygen atoms in total. The first kappa shape index (κ1) is 54.7. The van der Waals surface area contributed by atoms with Gasteiger partial charge in [0, 0.05) is 80.7 Å². The zero-order valence-corrected chi connectivity index (χ0v) is 42.0. The number of anilines is 2. The molecule has 5 aromatic rings. The van der Waals surface area contributed by atoms with Crippen molar-refractivity contribution in [1.29, 1.82) is 0 Å². The highest BCUT2D eigenvalue weighted by Gasteiger charge is 2.49. The van der Waals surface area contributed by atoms with Crippen LogP contribution in [0.4, 0.5) is 22.7 Å². The van der Waals surface area contributed by atoms with Crippen LogP contribution in [0.15, 0.2) is 106 Å². The van der Waals surface area contributed by atoms with Gasteiger partial charge < -0.3 is 49.8 Å². The Morgan fingerprint density at radius 2 is 1.61 bits per heavy atom. The van der Waals surface area contributed by atoms with Crippen molar-refractivity contribution < 1.29 is 61.6 Å². The summed E-state index contributed by atoms with van der Waals surface area (Å²) in [5, 5.41) is 54.9. The molecule has 0 spiro atoms. The first-order valence-electron chi connectivity index (χ1n) is 22.8. The molecule has 382 valence electrons. The van der Waals surface area contributed by atoms with Gasteiger partial charge in [0.15, 0.2) is 24.1 Å². The van der Waals surface area contributed by atoms with Gasteiger partial charge in [-0.1, -0.05) is 45.4 Å². The van der Waals surface area contributed by atoms with E-state index in [1.165, 1.54) is 26.0 Å². The number of hydrogen-bond acceptors (Lipinski definition) is 18. The summed E-state index contributed by atoms with van der Waals surface area (Å²) in [4.78, 5) is 40.8. The molecule has 1 saturated heterocycles. The van der Waals surface area contributed by atoms with E-state index in [9.17, 15) is 42.7 Å². The van der Waals surface area contributed by atoms with Crippen molar-refractivity contribution in [2.75, 3.05) is 57.3 Å². The molecule has 2 heterocycles. The Bertz CT molecular complexity index is 2720. The SMILES string of the molecule is CC(=O)N[C@H]1[C@H](O[C@@H](OCCOCCn2cc(CCC(=O)c3ccc(N=Nc4ccc(N(C)C)cc4)cc3)nn2)[C@@](C)(Br)C(=O)CCCNc2cccc3c(S(=O)(=O)O)cccc23)O[C@H](CO)[C@@H](O)[C@@H]1O. The van der Waals surface area contributed by atoms with Crippen LogP contribution in [0.25, 0.3) is 10.8 Å². The van der Waals surface area contributed by atoms with Crippen molar-refractivity contribution in [3.63, 3.8) is 0 Å². The fourth-order valence-corrected chi connectivity index (χ4v) is 8.75. The third-order valence-electron chi connectivity index (χ3n) is 11.5. The normalized spacial score (nSPS) is 19.6. The van der Waals surface area contributed by atoms with Gasteiger partial charge in [-0.05, 0) is 74.0 Å². The number of Topliss-reactive ketones (excluding diaryl/α,β-unsaturated/α-hetero) is 2. The minimum absolute atomic E-state index is 0.0144. The standard InChI is InChI=1S/C48H59BrN8O13S/c1-30(59)51-43-45(63)44(62)40(29-58)69-46(43)70-47(48(2,49)42(61)12-7-23-50-38-10-5-9-37-36(38)8-6-11-41(37)71(64,65)66)68-27-26-67-25-24-57-28-34(54-55-57)19-22-39(60)31-13-15-32(16-14-31)52-53-33-17-20-35(21-18-33)56(3)4/h5-6,8-11,13-18,20-21,28,40,43-47,50,58,62-63H,7,12,19,22-27,29H2,1-4H3,(H,51,59)(H,64,65,66)/t40-,43-,44-,45-,46+,47-,48+/m1/s1. The first-order valence-corrected chi connectivity index (χ1v) is 25.0. The molecule has 6 N–H and O–H groups in total. The van der Waals surface area contributed by atoms with Gasteiger partial charge in [-0.3, -0.25) is 18.9 Å². The van der Waals surface area contributed by atoms with Crippen LogP contribution in [-0.4, -0.2) is 149 Å². The Hall–Kier alpha value is -5.60. The molecule has 1 aliphatic heterocycles. The van der Waals surface area contributed by atoms with Crippen LogP contribution in [0.2, 0.25) is 0 Å². The van der Waals surface area contributed by atoms with Gasteiger partial charge in [-0.15, -0.1) is 5.10 Å². The number of carbonyl (C=O) groups is 3. The van der Waals surface area contributed by atoms with E-state index in [1.807, 2.05) is 43.3 Å². The lowest BCUT2D eigenvalue weighted by Crippen LogP contribution is -2.65. The number of benzene rings is 4. The third kappa shape index (κ3) is 15.0. The Labute approximate surface area is 419 Å². The van der Waals surface area contributed by atoms with E-state index >= 15 is 0 Å². The highest BCUT2D eigenvalue weighted by Crippen LogP contribution is 2.34. The molecular weight excluding hydrogens is 1010 g/mol. The van der Waals surface area contributed by atoms with Gasteiger partial charge in [0.05, 0.1) is 50.0 Å². The van der Waals surface area contributed by atoms with Gasteiger partial charge in [-0.2, -0.15) is 18.6 Å². The van der Waals surface area contributed by atoms with E-state index in [0.29, 0.717) is 58.5 Å². The summed E-state index contributed by atoms with van der Waals surface area (Å²) in [6.45, 7) is 2.72. The Balaban J connectivity index is 1.00. The fourth-order valence-electron chi connectivity index (χ4n) is 7.61. The largest absolute Gasteiger partial charge is 0.394 e. The number of azo groups is 1. The van der Waals surface area contributed by atoms with Crippen LogP contribution in [0.1, 0.15) is 49.2 Å². The number of nitrogens with zero attached hydrogens (tertiary/aromatic N) is 6. The lowest BCUT2D eigenvalue weighted by molar-refractivity contribution is -0.316. The van der Waals surface area contributed by atoms with Crippen molar-refractivity contribution in [3.05, 3.63) is 102 Å². The second kappa shape index (κ2) is 25.2. The van der Waals surface area contributed by atoms with Crippen LogP contribution in [0, 0.1) is 0 Å². The fraction of sp³-hybridized carbons (Fsp3) is 0.438. The molecule has 23 heteroatoms. The van der Waals surface area contributed by atoms with Crippen LogP contribution in [-0.2, 0) is 51.6 Å². The maximum absolute atomic E-state index is 13.9. The topological polar surface area (TPSA) is 286 Å². The molecule has 6 rings (SSSR count). The molecule has 71 heavy (non-hydrogen) atoms. The summed E-state index contributed by atoms with van der Waals surface area (Å²) in [5.41, 5.74) is 4.13. The predicted molar refractivity (Wildman–Crippen MR) is 265 cm³/mol. The molecule has 1 aliphatic rings. The number of halogens is 1. The van der Waals surface area contributed by atoms with Crippen LogP contribution in [0.5, 0.6) is 0 Å². The van der Waals surface area contributed by atoms with Crippen LogP contribution in [0.3, 0.4) is 0 Å². The minimum Gasteiger partial charge on any atom is -0.394 e. The molecule has 0 bridgehead atoms. The summed E-state index contributed by atoms with van der Waals surface area (Å²) in [6, 6.07) is 22.7. The highest BCUT2D eigenvalue weighted by atomic mass is 79.9. The van der Waals surface area contributed by atoms with Crippen LogP contribution < -0.4 is 15.5 Å². The van der Waals surface area contributed by atoms with E-state index in [2.05, 4.69) is 47.1 Å². The average molecular weight is 1070 g/mol. The molecule has 1 aromatic heterocycles. The lowest BCUT2D eigenvalue weighted by Gasteiger charge is -2.44. The Morgan fingerprint density at radius 3 is 2.27 bits per heavy atom. The Morgan fingerprint density at radius 1 is 0.930 bits per heavy atom. The second-order valence-electron chi connectivity index (χ2n) is 17.1. The highest BCUT2D eigenvalue weighted by molar-refractivity contribution is 9.10. The molecule has 7 atom stereocenters.